The predicted octanol–water partition coefficient (Wildman–Crippen LogP) is 2.21. The van der Waals surface area contributed by atoms with Crippen LogP contribution in [0.1, 0.15) is 12.5 Å². The highest BCUT2D eigenvalue weighted by atomic mass is 127. The van der Waals surface area contributed by atoms with Gasteiger partial charge in [-0.05, 0) is 54.3 Å². The average Bonchev–Trinajstić information content (AvgIpc) is 2.36. The fourth-order valence-corrected chi connectivity index (χ4v) is 2.56. The molecule has 1 atom stereocenters. The number of halogens is 1. The Morgan fingerprint density at radius 3 is 2.53 bits per heavy atom. The molecule has 1 N–H and O–H groups in total. The van der Waals surface area contributed by atoms with Gasteiger partial charge in [-0.15, -0.1) is 0 Å². The van der Waals surface area contributed by atoms with Gasteiger partial charge in [0.15, 0.2) is 11.5 Å². The Bertz CT molecular complexity index is 464. The van der Waals surface area contributed by atoms with Crippen LogP contribution in [-0.2, 0) is 11.3 Å². The number of rotatable bonds is 6. The maximum atomic E-state index is 10.9. The first kappa shape index (κ1) is 16.0. The Balaban J connectivity index is 2.97. The van der Waals surface area contributed by atoms with Gasteiger partial charge in [0.1, 0.15) is 6.04 Å². The lowest BCUT2D eigenvalue weighted by Crippen LogP contribution is -2.35. The van der Waals surface area contributed by atoms with E-state index in [2.05, 4.69) is 22.6 Å². The molecule has 0 fully saturated rings. The Kier molecular flexibility index (Phi) is 5.86. The minimum Gasteiger partial charge on any atom is -0.493 e. The van der Waals surface area contributed by atoms with Crippen molar-refractivity contribution in [3.63, 3.8) is 0 Å². The minimum atomic E-state index is -0.835. The van der Waals surface area contributed by atoms with E-state index in [1.54, 1.807) is 33.1 Å². The van der Waals surface area contributed by atoms with E-state index in [-0.39, 0.29) is 0 Å². The molecule has 0 amide bonds. The second kappa shape index (κ2) is 6.95. The van der Waals surface area contributed by atoms with E-state index in [1.165, 1.54) is 0 Å². The monoisotopic (exact) mass is 379 g/mol. The summed E-state index contributed by atoms with van der Waals surface area (Å²) in [7, 11) is 4.96. The van der Waals surface area contributed by atoms with Crippen molar-refractivity contribution in [3.8, 4) is 11.5 Å². The van der Waals surface area contributed by atoms with Gasteiger partial charge in [0.2, 0.25) is 0 Å². The molecule has 1 rings (SSSR count). The second-order valence-electron chi connectivity index (χ2n) is 4.24. The van der Waals surface area contributed by atoms with Gasteiger partial charge < -0.3 is 14.6 Å². The van der Waals surface area contributed by atoms with E-state index in [1.807, 2.05) is 12.1 Å². The molecule has 0 aliphatic carbocycles. The zero-order chi connectivity index (χ0) is 14.6. The van der Waals surface area contributed by atoms with E-state index >= 15 is 0 Å². The van der Waals surface area contributed by atoms with Gasteiger partial charge in [-0.1, -0.05) is 0 Å². The average molecular weight is 379 g/mol. The predicted molar refractivity (Wildman–Crippen MR) is 80.8 cm³/mol. The molecule has 0 saturated heterocycles. The molecule has 1 aromatic rings. The largest absolute Gasteiger partial charge is 0.493 e. The molecular weight excluding hydrogens is 361 g/mol. The molecule has 0 aliphatic rings. The summed E-state index contributed by atoms with van der Waals surface area (Å²) >= 11 is 2.17. The first-order chi connectivity index (χ1) is 8.90. The summed E-state index contributed by atoms with van der Waals surface area (Å²) in [5, 5.41) is 8.98. The molecular formula is C13H18INO4. The highest BCUT2D eigenvalue weighted by molar-refractivity contribution is 14.1. The van der Waals surface area contributed by atoms with Gasteiger partial charge in [-0.3, -0.25) is 9.69 Å². The third-order valence-electron chi connectivity index (χ3n) is 2.94. The fourth-order valence-electron chi connectivity index (χ4n) is 1.68. The van der Waals surface area contributed by atoms with Crippen LogP contribution in [0.2, 0.25) is 0 Å². The Morgan fingerprint density at radius 2 is 2.05 bits per heavy atom. The summed E-state index contributed by atoms with van der Waals surface area (Å²) in [5.74, 6) is 0.513. The summed E-state index contributed by atoms with van der Waals surface area (Å²) in [6.07, 6.45) is 0. The maximum Gasteiger partial charge on any atom is 0.320 e. The molecule has 0 bridgehead atoms. The van der Waals surface area contributed by atoms with E-state index in [0.29, 0.717) is 18.0 Å². The van der Waals surface area contributed by atoms with E-state index in [4.69, 9.17) is 14.6 Å². The Labute approximate surface area is 126 Å². The lowest BCUT2D eigenvalue weighted by molar-refractivity contribution is -0.142. The number of nitrogens with zero attached hydrogens (tertiary/aromatic N) is 1. The summed E-state index contributed by atoms with van der Waals surface area (Å²) in [6, 6.07) is 3.30. The third kappa shape index (κ3) is 3.97. The van der Waals surface area contributed by atoms with Crippen LogP contribution in [0, 0.1) is 3.57 Å². The second-order valence-corrected chi connectivity index (χ2v) is 5.40. The van der Waals surface area contributed by atoms with Crippen LogP contribution in [0.15, 0.2) is 12.1 Å². The summed E-state index contributed by atoms with van der Waals surface area (Å²) in [6.45, 7) is 2.19. The normalized spacial score (nSPS) is 12.3. The number of likely N-dealkylation sites (N-methyl/N-ethyl adjacent to an activating group) is 1. The molecule has 5 nitrogen and oxygen atoms in total. The molecule has 0 heterocycles. The van der Waals surface area contributed by atoms with Crippen molar-refractivity contribution in [2.24, 2.45) is 0 Å². The van der Waals surface area contributed by atoms with Crippen LogP contribution in [0.25, 0.3) is 0 Å². The van der Waals surface area contributed by atoms with Crippen molar-refractivity contribution in [1.82, 2.24) is 4.90 Å². The number of carbonyl (C=O) groups is 1. The zero-order valence-corrected chi connectivity index (χ0v) is 13.6. The first-order valence-electron chi connectivity index (χ1n) is 5.74. The smallest absolute Gasteiger partial charge is 0.320 e. The van der Waals surface area contributed by atoms with Crippen molar-refractivity contribution >= 4 is 28.6 Å². The molecule has 0 radical (unpaired) electrons. The van der Waals surface area contributed by atoms with Crippen molar-refractivity contribution in [1.29, 1.82) is 0 Å². The topological polar surface area (TPSA) is 59.0 Å². The van der Waals surface area contributed by atoms with Crippen LogP contribution in [-0.4, -0.2) is 43.3 Å². The Morgan fingerprint density at radius 1 is 1.42 bits per heavy atom. The van der Waals surface area contributed by atoms with Gasteiger partial charge in [0, 0.05) is 6.54 Å². The molecule has 6 heteroatoms. The molecule has 1 unspecified atom stereocenters. The SMILES string of the molecule is COc1cc(CN(C)C(C)C(=O)O)cc(I)c1OC. The van der Waals surface area contributed by atoms with Crippen LogP contribution < -0.4 is 9.47 Å². The van der Waals surface area contributed by atoms with Crippen molar-refractivity contribution in [3.05, 3.63) is 21.3 Å². The highest BCUT2D eigenvalue weighted by Gasteiger charge is 2.18. The van der Waals surface area contributed by atoms with Crippen molar-refractivity contribution < 1.29 is 19.4 Å². The number of methoxy groups -OCH3 is 2. The maximum absolute atomic E-state index is 10.9. The van der Waals surface area contributed by atoms with Crippen LogP contribution in [0.5, 0.6) is 11.5 Å². The zero-order valence-electron chi connectivity index (χ0n) is 11.4. The van der Waals surface area contributed by atoms with Crippen molar-refractivity contribution in [2.75, 3.05) is 21.3 Å². The summed E-state index contributed by atoms with van der Waals surface area (Å²) in [4.78, 5) is 12.7. The number of carboxylic acid groups (broad SMARTS) is 1. The van der Waals surface area contributed by atoms with Crippen LogP contribution >= 0.6 is 22.6 Å². The van der Waals surface area contributed by atoms with Gasteiger partial charge >= 0.3 is 5.97 Å². The molecule has 106 valence electrons. The molecule has 0 aliphatic heterocycles. The van der Waals surface area contributed by atoms with Crippen LogP contribution in [0.3, 0.4) is 0 Å². The number of hydrogen-bond donors (Lipinski definition) is 1. The first-order valence-corrected chi connectivity index (χ1v) is 6.82. The van der Waals surface area contributed by atoms with Gasteiger partial charge in [-0.25, -0.2) is 0 Å². The number of hydrogen-bond acceptors (Lipinski definition) is 4. The molecule has 1 aromatic carbocycles. The van der Waals surface area contributed by atoms with E-state index in [0.717, 1.165) is 9.13 Å². The third-order valence-corrected chi connectivity index (χ3v) is 3.75. The number of benzene rings is 1. The van der Waals surface area contributed by atoms with Gasteiger partial charge in [0.05, 0.1) is 17.8 Å². The van der Waals surface area contributed by atoms with Crippen molar-refractivity contribution in [2.45, 2.75) is 19.5 Å². The minimum absolute atomic E-state index is 0.532. The van der Waals surface area contributed by atoms with Gasteiger partial charge in [0.25, 0.3) is 0 Å². The summed E-state index contributed by atoms with van der Waals surface area (Å²) in [5.41, 5.74) is 0.984. The van der Waals surface area contributed by atoms with E-state index in [9.17, 15) is 4.79 Å². The van der Waals surface area contributed by atoms with E-state index < -0.39 is 12.0 Å². The molecule has 0 saturated carbocycles. The highest BCUT2D eigenvalue weighted by Crippen LogP contribution is 2.33. The fraction of sp³-hybridized carbons (Fsp3) is 0.462. The number of ether oxygens (including phenoxy) is 2. The number of carboxylic acids is 1. The van der Waals surface area contributed by atoms with Crippen LogP contribution in [0.4, 0.5) is 0 Å². The van der Waals surface area contributed by atoms with Gasteiger partial charge in [-0.2, -0.15) is 0 Å². The summed E-state index contributed by atoms with van der Waals surface area (Å²) < 4.78 is 11.5. The molecule has 0 aromatic heterocycles. The number of aliphatic carboxylic acids is 1. The molecule has 0 spiro atoms. The quantitative estimate of drug-likeness (QED) is 0.769. The lowest BCUT2D eigenvalue weighted by Gasteiger charge is -2.22. The Hall–Kier alpha value is -1.02. The standard InChI is InChI=1S/C13H18INO4/c1-8(13(16)17)15(2)7-9-5-10(14)12(19-4)11(6-9)18-3/h5-6,8H,7H2,1-4H3,(H,16,17). The molecule has 19 heavy (non-hydrogen) atoms. The lowest BCUT2D eigenvalue weighted by atomic mass is 10.1.